The fraction of sp³-hybridized carbons (Fsp3) is 0.450. The lowest BCUT2D eigenvalue weighted by atomic mass is 10.1. The van der Waals surface area contributed by atoms with Gasteiger partial charge in [0.05, 0.1) is 5.69 Å². The van der Waals surface area contributed by atoms with Crippen LogP contribution in [0.2, 0.25) is 0 Å². The molecular weight excluding hydrogens is 330 g/mol. The van der Waals surface area contributed by atoms with E-state index in [0.29, 0.717) is 19.0 Å². The molecule has 2 heterocycles. The zero-order chi connectivity index (χ0) is 18.6. The molecule has 6 heteroatoms. The first-order chi connectivity index (χ1) is 12.4. The van der Waals surface area contributed by atoms with Crippen molar-refractivity contribution in [3.8, 4) is 17.1 Å². The minimum absolute atomic E-state index is 0.0329. The fourth-order valence-corrected chi connectivity index (χ4v) is 2.80. The fourth-order valence-electron chi connectivity index (χ4n) is 2.80. The van der Waals surface area contributed by atoms with E-state index in [9.17, 15) is 4.79 Å². The van der Waals surface area contributed by atoms with Gasteiger partial charge in [-0.1, -0.05) is 30.3 Å². The quantitative estimate of drug-likeness (QED) is 0.835. The molecule has 1 amide bonds. The van der Waals surface area contributed by atoms with Crippen LogP contribution in [0.1, 0.15) is 33.6 Å². The molecule has 26 heavy (non-hydrogen) atoms. The van der Waals surface area contributed by atoms with Crippen molar-refractivity contribution < 1.29 is 14.3 Å². The van der Waals surface area contributed by atoms with Gasteiger partial charge in [-0.15, -0.1) is 10.2 Å². The van der Waals surface area contributed by atoms with Crippen molar-refractivity contribution >= 4 is 6.09 Å². The number of hydrogen-bond acceptors (Lipinski definition) is 5. The van der Waals surface area contributed by atoms with Crippen molar-refractivity contribution in [1.82, 2.24) is 15.1 Å². The van der Waals surface area contributed by atoms with Gasteiger partial charge >= 0.3 is 6.09 Å². The van der Waals surface area contributed by atoms with Crippen LogP contribution in [0.3, 0.4) is 0 Å². The van der Waals surface area contributed by atoms with Crippen LogP contribution in [-0.2, 0) is 4.74 Å². The van der Waals surface area contributed by atoms with Crippen molar-refractivity contribution in [2.75, 3.05) is 13.1 Å². The Labute approximate surface area is 154 Å². The number of hydrogen-bond donors (Lipinski definition) is 0. The van der Waals surface area contributed by atoms with Gasteiger partial charge in [0.15, 0.2) is 0 Å². The molecule has 2 aromatic rings. The molecule has 3 rings (SSSR count). The summed E-state index contributed by atoms with van der Waals surface area (Å²) < 4.78 is 11.3. The smallest absolute Gasteiger partial charge is 0.410 e. The molecule has 1 fully saturated rings. The Morgan fingerprint density at radius 2 is 1.73 bits per heavy atom. The molecule has 138 valence electrons. The third-order valence-electron chi connectivity index (χ3n) is 4.09. The predicted octanol–water partition coefficient (Wildman–Crippen LogP) is 3.92. The van der Waals surface area contributed by atoms with Crippen LogP contribution in [0.15, 0.2) is 42.5 Å². The lowest BCUT2D eigenvalue weighted by molar-refractivity contribution is 0.0122. The number of ether oxygens (including phenoxy) is 2. The molecule has 0 N–H and O–H groups in total. The Morgan fingerprint density at radius 1 is 1.04 bits per heavy atom. The maximum atomic E-state index is 12.1. The minimum Gasteiger partial charge on any atom is -0.473 e. The second-order valence-corrected chi connectivity index (χ2v) is 7.41. The summed E-state index contributed by atoms with van der Waals surface area (Å²) in [6.45, 7) is 6.86. The van der Waals surface area contributed by atoms with Gasteiger partial charge in [-0.25, -0.2) is 4.79 Å². The maximum absolute atomic E-state index is 12.1. The number of carbonyl (C=O) groups excluding carboxylic acids is 1. The van der Waals surface area contributed by atoms with Crippen molar-refractivity contribution in [3.63, 3.8) is 0 Å². The van der Waals surface area contributed by atoms with Gasteiger partial charge in [-0.3, -0.25) is 0 Å². The predicted molar refractivity (Wildman–Crippen MR) is 98.9 cm³/mol. The van der Waals surface area contributed by atoms with Crippen LogP contribution in [0.5, 0.6) is 5.88 Å². The third-order valence-corrected chi connectivity index (χ3v) is 4.09. The van der Waals surface area contributed by atoms with E-state index in [0.717, 1.165) is 24.1 Å². The molecular formula is C20H25N3O3. The second-order valence-electron chi connectivity index (χ2n) is 7.41. The number of likely N-dealkylation sites (tertiary alicyclic amines) is 1. The summed E-state index contributed by atoms with van der Waals surface area (Å²) in [5.74, 6) is 0.514. The van der Waals surface area contributed by atoms with Gasteiger partial charge in [0.1, 0.15) is 11.7 Å². The van der Waals surface area contributed by atoms with Gasteiger partial charge in [-0.2, -0.15) is 0 Å². The van der Waals surface area contributed by atoms with Crippen molar-refractivity contribution in [2.24, 2.45) is 0 Å². The molecule has 1 aromatic heterocycles. The highest BCUT2D eigenvalue weighted by atomic mass is 16.6. The molecule has 6 nitrogen and oxygen atoms in total. The SMILES string of the molecule is CC(C)(C)OC(=O)N1CCC(Oc2ccc(-c3ccccc3)nn2)CC1. The summed E-state index contributed by atoms with van der Waals surface area (Å²) in [5.41, 5.74) is 1.37. The van der Waals surface area contributed by atoms with Gasteiger partial charge < -0.3 is 14.4 Å². The van der Waals surface area contributed by atoms with E-state index in [1.165, 1.54) is 0 Å². The zero-order valence-corrected chi connectivity index (χ0v) is 15.5. The van der Waals surface area contributed by atoms with E-state index in [4.69, 9.17) is 9.47 Å². The van der Waals surface area contributed by atoms with E-state index in [1.807, 2.05) is 63.2 Å². The van der Waals surface area contributed by atoms with Gasteiger partial charge in [-0.05, 0) is 26.8 Å². The second kappa shape index (κ2) is 7.72. The summed E-state index contributed by atoms with van der Waals surface area (Å²) in [5, 5.41) is 8.41. The Hall–Kier alpha value is -2.63. The van der Waals surface area contributed by atoms with Gasteiger partial charge in [0.2, 0.25) is 5.88 Å². The lowest BCUT2D eigenvalue weighted by Crippen LogP contribution is -2.44. The number of benzene rings is 1. The van der Waals surface area contributed by atoms with Crippen LogP contribution in [-0.4, -0.2) is 46.0 Å². The Kier molecular flexibility index (Phi) is 5.40. The summed E-state index contributed by atoms with van der Waals surface area (Å²) >= 11 is 0. The van der Waals surface area contributed by atoms with Crippen molar-refractivity contribution in [1.29, 1.82) is 0 Å². The number of piperidine rings is 1. The van der Waals surface area contributed by atoms with Crippen LogP contribution in [0.25, 0.3) is 11.3 Å². The summed E-state index contributed by atoms with van der Waals surface area (Å²) in [7, 11) is 0. The van der Waals surface area contributed by atoms with Gasteiger partial charge in [0.25, 0.3) is 0 Å². The lowest BCUT2D eigenvalue weighted by Gasteiger charge is -2.33. The molecule has 1 saturated heterocycles. The number of aromatic nitrogens is 2. The van der Waals surface area contributed by atoms with Crippen molar-refractivity contribution in [3.05, 3.63) is 42.5 Å². The number of nitrogens with zero attached hydrogens (tertiary/aromatic N) is 3. The average molecular weight is 355 g/mol. The Balaban J connectivity index is 1.51. The molecule has 0 bridgehead atoms. The molecule has 0 spiro atoms. The van der Waals surface area contributed by atoms with E-state index in [2.05, 4.69) is 10.2 Å². The minimum atomic E-state index is -0.472. The zero-order valence-electron chi connectivity index (χ0n) is 15.5. The molecule has 0 saturated carbocycles. The van der Waals surface area contributed by atoms with Crippen LogP contribution < -0.4 is 4.74 Å². The summed E-state index contributed by atoms with van der Waals surface area (Å²) in [6.07, 6.45) is 1.27. The first kappa shape index (κ1) is 18.2. The highest BCUT2D eigenvalue weighted by molar-refractivity contribution is 5.68. The molecule has 0 atom stereocenters. The van der Waals surface area contributed by atoms with E-state index in [1.54, 1.807) is 4.90 Å². The van der Waals surface area contributed by atoms with Crippen LogP contribution in [0.4, 0.5) is 4.79 Å². The summed E-state index contributed by atoms with van der Waals surface area (Å²) in [4.78, 5) is 13.8. The maximum Gasteiger partial charge on any atom is 0.410 e. The molecule has 0 radical (unpaired) electrons. The average Bonchev–Trinajstić information content (AvgIpc) is 2.62. The highest BCUT2D eigenvalue weighted by Gasteiger charge is 2.27. The van der Waals surface area contributed by atoms with Crippen LogP contribution in [0, 0.1) is 0 Å². The van der Waals surface area contributed by atoms with Gasteiger partial charge in [0, 0.05) is 37.6 Å². The first-order valence-corrected chi connectivity index (χ1v) is 8.94. The first-order valence-electron chi connectivity index (χ1n) is 8.94. The monoisotopic (exact) mass is 355 g/mol. The van der Waals surface area contributed by atoms with E-state index in [-0.39, 0.29) is 12.2 Å². The third kappa shape index (κ3) is 4.94. The Morgan fingerprint density at radius 3 is 2.31 bits per heavy atom. The number of rotatable bonds is 3. The normalized spacial score (nSPS) is 15.6. The largest absolute Gasteiger partial charge is 0.473 e. The van der Waals surface area contributed by atoms with E-state index < -0.39 is 5.60 Å². The molecule has 1 aromatic carbocycles. The molecule has 1 aliphatic rings. The Bertz CT molecular complexity index is 718. The van der Waals surface area contributed by atoms with E-state index >= 15 is 0 Å². The number of amides is 1. The molecule has 0 aliphatic carbocycles. The van der Waals surface area contributed by atoms with Crippen LogP contribution >= 0.6 is 0 Å². The topological polar surface area (TPSA) is 64.5 Å². The molecule has 1 aliphatic heterocycles. The summed E-state index contributed by atoms with van der Waals surface area (Å²) in [6, 6.07) is 13.7. The molecule has 0 unspecified atom stereocenters. The number of carbonyl (C=O) groups is 1. The standard InChI is InChI=1S/C20H25N3O3/c1-20(2,3)26-19(24)23-13-11-16(12-14-23)25-18-10-9-17(21-22-18)15-7-5-4-6-8-15/h4-10,16H,11-14H2,1-3H3. The highest BCUT2D eigenvalue weighted by Crippen LogP contribution is 2.21. The van der Waals surface area contributed by atoms with Crippen molar-refractivity contribution in [2.45, 2.75) is 45.3 Å².